The number of halogens is 1. The summed E-state index contributed by atoms with van der Waals surface area (Å²) in [4.78, 5) is 8.76. The van der Waals surface area contributed by atoms with Gasteiger partial charge >= 0.3 is 0 Å². The third-order valence-electron chi connectivity index (χ3n) is 2.68. The summed E-state index contributed by atoms with van der Waals surface area (Å²) in [5.41, 5.74) is 1.87. The lowest BCUT2D eigenvalue weighted by Crippen LogP contribution is -1.97. The van der Waals surface area contributed by atoms with Crippen LogP contribution in [0.1, 0.15) is 26.1 Å². The molecule has 0 atom stereocenters. The van der Waals surface area contributed by atoms with Gasteiger partial charge in [0.25, 0.3) is 0 Å². The standard InChI is InChI=1S/C15H17ClN2O/c1-3-5-15-17-13(10-14(16)18-15)11-6-8-12(9-7-11)19-4-2/h6-10H,3-5H2,1-2H3. The first-order valence-electron chi connectivity index (χ1n) is 6.49. The Morgan fingerprint density at radius 3 is 2.47 bits per heavy atom. The molecule has 0 saturated carbocycles. The summed E-state index contributed by atoms with van der Waals surface area (Å²) in [6.45, 7) is 4.73. The predicted molar refractivity (Wildman–Crippen MR) is 77.6 cm³/mol. The fourth-order valence-corrected chi connectivity index (χ4v) is 2.04. The summed E-state index contributed by atoms with van der Waals surface area (Å²) < 4.78 is 5.42. The van der Waals surface area contributed by atoms with Gasteiger partial charge in [-0.2, -0.15) is 0 Å². The number of nitrogens with zero attached hydrogens (tertiary/aromatic N) is 2. The van der Waals surface area contributed by atoms with Gasteiger partial charge in [-0.05, 0) is 37.6 Å². The van der Waals surface area contributed by atoms with E-state index in [0.717, 1.165) is 35.7 Å². The molecular formula is C15H17ClN2O. The van der Waals surface area contributed by atoms with Crippen LogP contribution in [0, 0.1) is 0 Å². The summed E-state index contributed by atoms with van der Waals surface area (Å²) in [7, 11) is 0. The van der Waals surface area contributed by atoms with Crippen LogP contribution < -0.4 is 4.74 Å². The highest BCUT2D eigenvalue weighted by Gasteiger charge is 2.05. The van der Waals surface area contributed by atoms with E-state index in [0.29, 0.717) is 11.8 Å². The highest BCUT2D eigenvalue weighted by Crippen LogP contribution is 2.23. The van der Waals surface area contributed by atoms with Crippen molar-refractivity contribution in [3.63, 3.8) is 0 Å². The molecule has 0 unspecified atom stereocenters. The second kappa shape index (κ2) is 6.53. The molecule has 19 heavy (non-hydrogen) atoms. The van der Waals surface area contributed by atoms with E-state index < -0.39 is 0 Å². The van der Waals surface area contributed by atoms with Crippen molar-refractivity contribution < 1.29 is 4.74 Å². The number of benzene rings is 1. The number of rotatable bonds is 5. The number of aromatic nitrogens is 2. The molecule has 0 spiro atoms. The van der Waals surface area contributed by atoms with Gasteiger partial charge in [0, 0.05) is 18.1 Å². The van der Waals surface area contributed by atoms with E-state index in [-0.39, 0.29) is 0 Å². The van der Waals surface area contributed by atoms with Crippen LogP contribution in [0.5, 0.6) is 5.75 Å². The number of ether oxygens (including phenoxy) is 1. The summed E-state index contributed by atoms with van der Waals surface area (Å²) in [6.07, 6.45) is 1.84. The predicted octanol–water partition coefficient (Wildman–Crippen LogP) is 4.15. The fourth-order valence-electron chi connectivity index (χ4n) is 1.84. The molecule has 0 N–H and O–H groups in total. The van der Waals surface area contributed by atoms with Crippen molar-refractivity contribution >= 4 is 11.6 Å². The number of hydrogen-bond acceptors (Lipinski definition) is 3. The van der Waals surface area contributed by atoms with E-state index in [1.807, 2.05) is 31.2 Å². The average molecular weight is 277 g/mol. The lowest BCUT2D eigenvalue weighted by atomic mass is 10.1. The molecule has 2 aromatic rings. The smallest absolute Gasteiger partial charge is 0.133 e. The van der Waals surface area contributed by atoms with Crippen molar-refractivity contribution in [2.75, 3.05) is 6.61 Å². The van der Waals surface area contributed by atoms with Gasteiger partial charge in [-0.25, -0.2) is 9.97 Å². The molecule has 1 heterocycles. The minimum absolute atomic E-state index is 0.488. The second-order valence-corrected chi connectivity index (χ2v) is 4.59. The molecule has 0 aliphatic heterocycles. The van der Waals surface area contributed by atoms with Crippen LogP contribution in [-0.4, -0.2) is 16.6 Å². The van der Waals surface area contributed by atoms with Gasteiger partial charge in [0.05, 0.1) is 12.3 Å². The van der Waals surface area contributed by atoms with Gasteiger partial charge in [0.1, 0.15) is 16.7 Å². The summed E-state index contributed by atoms with van der Waals surface area (Å²) in [5.74, 6) is 1.65. The van der Waals surface area contributed by atoms with Gasteiger partial charge in [-0.1, -0.05) is 18.5 Å². The van der Waals surface area contributed by atoms with E-state index in [1.54, 1.807) is 6.07 Å². The highest BCUT2D eigenvalue weighted by atomic mass is 35.5. The summed E-state index contributed by atoms with van der Waals surface area (Å²) in [5, 5.41) is 0.488. The molecule has 2 rings (SSSR count). The Morgan fingerprint density at radius 1 is 1.11 bits per heavy atom. The average Bonchev–Trinajstić information content (AvgIpc) is 2.40. The molecule has 0 bridgehead atoms. The van der Waals surface area contributed by atoms with E-state index in [9.17, 15) is 0 Å². The van der Waals surface area contributed by atoms with E-state index in [1.165, 1.54) is 0 Å². The Labute approximate surface area is 118 Å². The van der Waals surface area contributed by atoms with Crippen molar-refractivity contribution in [3.8, 4) is 17.0 Å². The number of aryl methyl sites for hydroxylation is 1. The van der Waals surface area contributed by atoms with E-state index in [2.05, 4.69) is 16.9 Å². The second-order valence-electron chi connectivity index (χ2n) is 4.20. The summed E-state index contributed by atoms with van der Waals surface area (Å²) in [6, 6.07) is 9.64. The zero-order valence-corrected chi connectivity index (χ0v) is 11.9. The van der Waals surface area contributed by atoms with Crippen LogP contribution in [0.15, 0.2) is 30.3 Å². The van der Waals surface area contributed by atoms with E-state index >= 15 is 0 Å². The zero-order valence-electron chi connectivity index (χ0n) is 11.2. The van der Waals surface area contributed by atoms with Crippen molar-refractivity contribution in [3.05, 3.63) is 41.3 Å². The monoisotopic (exact) mass is 276 g/mol. The minimum atomic E-state index is 0.488. The molecule has 0 aliphatic carbocycles. The SMILES string of the molecule is CCCc1nc(Cl)cc(-c2ccc(OCC)cc2)n1. The minimum Gasteiger partial charge on any atom is -0.494 e. The first kappa shape index (κ1) is 13.8. The molecule has 0 fully saturated rings. The third kappa shape index (κ3) is 3.67. The molecule has 3 nitrogen and oxygen atoms in total. The van der Waals surface area contributed by atoms with E-state index in [4.69, 9.17) is 16.3 Å². The van der Waals surface area contributed by atoms with Gasteiger partial charge in [0.15, 0.2) is 0 Å². The largest absolute Gasteiger partial charge is 0.494 e. The van der Waals surface area contributed by atoms with Crippen molar-refractivity contribution in [2.24, 2.45) is 0 Å². The van der Waals surface area contributed by atoms with Crippen LogP contribution >= 0.6 is 11.6 Å². The Kier molecular flexibility index (Phi) is 4.74. The van der Waals surface area contributed by atoms with Crippen molar-refractivity contribution in [2.45, 2.75) is 26.7 Å². The fraction of sp³-hybridized carbons (Fsp3) is 0.333. The molecular weight excluding hydrogens is 260 g/mol. The van der Waals surface area contributed by atoms with Gasteiger partial charge in [-0.3, -0.25) is 0 Å². The first-order chi connectivity index (χ1) is 9.22. The zero-order chi connectivity index (χ0) is 13.7. The lowest BCUT2D eigenvalue weighted by molar-refractivity contribution is 0.340. The van der Waals surface area contributed by atoms with Crippen LogP contribution in [0.3, 0.4) is 0 Å². The highest BCUT2D eigenvalue weighted by molar-refractivity contribution is 6.29. The maximum atomic E-state index is 6.04. The molecule has 100 valence electrons. The van der Waals surface area contributed by atoms with Gasteiger partial charge < -0.3 is 4.74 Å². The molecule has 4 heteroatoms. The number of hydrogen-bond donors (Lipinski definition) is 0. The van der Waals surface area contributed by atoms with Gasteiger partial charge in [-0.15, -0.1) is 0 Å². The maximum Gasteiger partial charge on any atom is 0.133 e. The Bertz CT molecular complexity index is 540. The Balaban J connectivity index is 2.29. The lowest BCUT2D eigenvalue weighted by Gasteiger charge is -2.06. The van der Waals surface area contributed by atoms with Crippen molar-refractivity contribution in [1.82, 2.24) is 9.97 Å². The molecule has 0 amide bonds. The molecule has 0 aliphatic rings. The normalized spacial score (nSPS) is 10.5. The molecule has 1 aromatic carbocycles. The van der Waals surface area contributed by atoms with Crippen LogP contribution in [0.4, 0.5) is 0 Å². The maximum absolute atomic E-state index is 6.04. The van der Waals surface area contributed by atoms with Crippen molar-refractivity contribution in [1.29, 1.82) is 0 Å². The molecule has 1 aromatic heterocycles. The van der Waals surface area contributed by atoms with Gasteiger partial charge in [0.2, 0.25) is 0 Å². The quantitative estimate of drug-likeness (QED) is 0.770. The first-order valence-corrected chi connectivity index (χ1v) is 6.87. The Morgan fingerprint density at radius 2 is 1.84 bits per heavy atom. The Hall–Kier alpha value is -1.61. The summed E-state index contributed by atoms with van der Waals surface area (Å²) >= 11 is 6.04. The topological polar surface area (TPSA) is 35.0 Å². The third-order valence-corrected chi connectivity index (χ3v) is 2.87. The van der Waals surface area contributed by atoms with Crippen LogP contribution in [0.25, 0.3) is 11.3 Å². The molecule has 0 saturated heterocycles. The van der Waals surface area contributed by atoms with Crippen LogP contribution in [-0.2, 0) is 6.42 Å². The molecule has 0 radical (unpaired) electrons. The van der Waals surface area contributed by atoms with Crippen LogP contribution in [0.2, 0.25) is 5.15 Å².